The van der Waals surface area contributed by atoms with Gasteiger partial charge in [0.2, 0.25) is 6.04 Å². The first kappa shape index (κ1) is 8.65. The summed E-state index contributed by atoms with van der Waals surface area (Å²) in [6.45, 7) is 0.318. The Kier molecular flexibility index (Phi) is 4.35. The lowest BCUT2D eigenvalue weighted by Crippen LogP contribution is -2.24. The van der Waals surface area contributed by atoms with E-state index in [0.29, 0.717) is 13.0 Å². The first-order valence-corrected chi connectivity index (χ1v) is 3.15. The second-order valence-electron chi connectivity index (χ2n) is 1.67. The highest BCUT2D eigenvalue weighted by Crippen LogP contribution is 1.97. The van der Waals surface area contributed by atoms with Gasteiger partial charge in [0.15, 0.2) is 0 Å². The summed E-state index contributed by atoms with van der Waals surface area (Å²) in [6, 6.07) is -0.670. The van der Waals surface area contributed by atoms with Gasteiger partial charge in [-0.3, -0.25) is 10.1 Å². The summed E-state index contributed by atoms with van der Waals surface area (Å²) >= 11 is 5.24. The molecule has 0 radical (unpaired) electrons. The molecule has 0 amide bonds. The van der Waals surface area contributed by atoms with Crippen molar-refractivity contribution in [3.05, 3.63) is 10.1 Å². The Morgan fingerprint density at radius 3 is 2.44 bits per heavy atom. The van der Waals surface area contributed by atoms with E-state index >= 15 is 0 Å². The fraction of sp³-hybridized carbons (Fsp3) is 1.00. The van der Waals surface area contributed by atoms with Gasteiger partial charge in [0.05, 0.1) is 5.88 Å². The third kappa shape index (κ3) is 3.26. The van der Waals surface area contributed by atoms with E-state index in [9.17, 15) is 10.1 Å². The maximum absolute atomic E-state index is 9.99. The van der Waals surface area contributed by atoms with E-state index in [2.05, 4.69) is 0 Å². The van der Waals surface area contributed by atoms with Crippen molar-refractivity contribution in [1.29, 1.82) is 0 Å². The van der Waals surface area contributed by atoms with Crippen molar-refractivity contribution in [1.82, 2.24) is 0 Å². The molecular formula is C4H9ClN2O2. The van der Waals surface area contributed by atoms with Gasteiger partial charge >= 0.3 is 0 Å². The Balaban J connectivity index is 3.54. The third-order valence-electron chi connectivity index (χ3n) is 0.976. The van der Waals surface area contributed by atoms with E-state index in [1.807, 2.05) is 0 Å². The van der Waals surface area contributed by atoms with E-state index < -0.39 is 11.0 Å². The predicted molar refractivity (Wildman–Crippen MR) is 35.2 cm³/mol. The van der Waals surface area contributed by atoms with Gasteiger partial charge in [-0.2, -0.15) is 0 Å². The van der Waals surface area contributed by atoms with Crippen LogP contribution >= 0.6 is 11.6 Å². The smallest absolute Gasteiger partial charge is 0.227 e. The van der Waals surface area contributed by atoms with Gasteiger partial charge in [-0.15, -0.1) is 11.6 Å². The number of alkyl halides is 1. The Morgan fingerprint density at radius 1 is 1.78 bits per heavy atom. The first-order valence-electron chi connectivity index (χ1n) is 2.62. The van der Waals surface area contributed by atoms with Gasteiger partial charge < -0.3 is 5.73 Å². The molecule has 2 N–H and O–H groups in total. The Labute approximate surface area is 58.1 Å². The summed E-state index contributed by atoms with van der Waals surface area (Å²) in [6.07, 6.45) is 0.358. The molecule has 0 aromatic heterocycles. The van der Waals surface area contributed by atoms with Crippen LogP contribution in [0.3, 0.4) is 0 Å². The zero-order valence-corrected chi connectivity index (χ0v) is 5.67. The molecule has 0 aromatic carbocycles. The van der Waals surface area contributed by atoms with Crippen LogP contribution < -0.4 is 5.73 Å². The minimum Gasteiger partial charge on any atom is -0.330 e. The van der Waals surface area contributed by atoms with Crippen LogP contribution in [0, 0.1) is 10.1 Å². The van der Waals surface area contributed by atoms with Crippen molar-refractivity contribution in [3.8, 4) is 0 Å². The van der Waals surface area contributed by atoms with Crippen molar-refractivity contribution >= 4 is 11.6 Å². The topological polar surface area (TPSA) is 69.2 Å². The lowest BCUT2D eigenvalue weighted by molar-refractivity contribution is -0.517. The van der Waals surface area contributed by atoms with Crippen LogP contribution in [-0.4, -0.2) is 23.4 Å². The average molecular weight is 153 g/mol. The molecule has 0 aromatic rings. The quantitative estimate of drug-likeness (QED) is 0.356. The summed E-state index contributed by atoms with van der Waals surface area (Å²) < 4.78 is 0. The fourth-order valence-electron chi connectivity index (χ4n) is 0.431. The molecular weight excluding hydrogens is 144 g/mol. The number of hydrogen-bond donors (Lipinski definition) is 1. The summed E-state index contributed by atoms with van der Waals surface area (Å²) in [5, 5.41) is 9.99. The number of hydrogen-bond acceptors (Lipinski definition) is 3. The van der Waals surface area contributed by atoms with Gasteiger partial charge in [-0.05, 0) is 6.54 Å². The molecule has 0 aliphatic rings. The Bertz CT molecular complexity index is 98.6. The number of rotatable bonds is 4. The second kappa shape index (κ2) is 4.52. The van der Waals surface area contributed by atoms with Gasteiger partial charge in [-0.25, -0.2) is 0 Å². The van der Waals surface area contributed by atoms with Crippen molar-refractivity contribution in [2.24, 2.45) is 5.73 Å². The van der Waals surface area contributed by atoms with E-state index in [0.717, 1.165) is 0 Å². The van der Waals surface area contributed by atoms with Crippen LogP contribution in [0.15, 0.2) is 0 Å². The van der Waals surface area contributed by atoms with Crippen molar-refractivity contribution in [2.75, 3.05) is 12.4 Å². The summed E-state index contributed by atoms with van der Waals surface area (Å²) in [4.78, 5) is 9.58. The summed E-state index contributed by atoms with van der Waals surface area (Å²) in [5.41, 5.74) is 5.08. The number of nitrogens with two attached hydrogens (primary N) is 1. The molecule has 1 unspecified atom stereocenters. The Hall–Kier alpha value is -0.350. The molecule has 0 aliphatic heterocycles. The second-order valence-corrected chi connectivity index (χ2v) is 1.98. The lowest BCUT2D eigenvalue weighted by atomic mass is 10.2. The maximum atomic E-state index is 9.99. The van der Waals surface area contributed by atoms with E-state index in [1.54, 1.807) is 0 Å². The molecule has 0 rings (SSSR count). The van der Waals surface area contributed by atoms with E-state index in [-0.39, 0.29) is 5.88 Å². The van der Waals surface area contributed by atoms with Gasteiger partial charge in [-0.1, -0.05) is 0 Å². The molecule has 4 nitrogen and oxygen atoms in total. The molecule has 0 heterocycles. The molecule has 0 saturated carbocycles. The minimum absolute atomic E-state index is 0.0458. The van der Waals surface area contributed by atoms with Crippen LogP contribution in [0.25, 0.3) is 0 Å². The molecule has 9 heavy (non-hydrogen) atoms. The molecule has 0 fully saturated rings. The Morgan fingerprint density at radius 2 is 2.33 bits per heavy atom. The highest BCUT2D eigenvalue weighted by Gasteiger charge is 2.16. The zero-order chi connectivity index (χ0) is 7.28. The largest absolute Gasteiger partial charge is 0.330 e. The molecule has 0 spiro atoms. The monoisotopic (exact) mass is 152 g/mol. The van der Waals surface area contributed by atoms with Crippen LogP contribution in [0.4, 0.5) is 0 Å². The van der Waals surface area contributed by atoms with E-state index in [1.165, 1.54) is 0 Å². The van der Waals surface area contributed by atoms with Gasteiger partial charge in [0.25, 0.3) is 0 Å². The number of nitro groups is 1. The van der Waals surface area contributed by atoms with Crippen LogP contribution in [0.2, 0.25) is 0 Å². The number of halogens is 1. The lowest BCUT2D eigenvalue weighted by Gasteiger charge is -2.01. The highest BCUT2D eigenvalue weighted by atomic mass is 35.5. The van der Waals surface area contributed by atoms with Crippen molar-refractivity contribution < 1.29 is 4.92 Å². The van der Waals surface area contributed by atoms with Crippen LogP contribution in [0.1, 0.15) is 6.42 Å². The van der Waals surface area contributed by atoms with Crippen molar-refractivity contribution in [2.45, 2.75) is 12.5 Å². The summed E-state index contributed by atoms with van der Waals surface area (Å²) in [5.74, 6) is 0.0458. The molecule has 1 atom stereocenters. The highest BCUT2D eigenvalue weighted by molar-refractivity contribution is 6.18. The average Bonchev–Trinajstić information content (AvgIpc) is 1.82. The molecule has 54 valence electrons. The molecule has 0 saturated heterocycles. The third-order valence-corrected chi connectivity index (χ3v) is 1.33. The van der Waals surface area contributed by atoms with Gasteiger partial charge in [0, 0.05) is 11.3 Å². The summed E-state index contributed by atoms with van der Waals surface area (Å²) in [7, 11) is 0. The van der Waals surface area contributed by atoms with E-state index in [4.69, 9.17) is 17.3 Å². The van der Waals surface area contributed by atoms with Crippen LogP contribution in [-0.2, 0) is 0 Å². The SMILES string of the molecule is NCCC(CCl)[N+](=O)[O-]. The molecule has 0 bridgehead atoms. The fourth-order valence-corrected chi connectivity index (χ4v) is 0.698. The predicted octanol–water partition coefficient (Wildman–Crippen LogP) is 0.219. The molecule has 0 aliphatic carbocycles. The minimum atomic E-state index is -0.670. The van der Waals surface area contributed by atoms with Gasteiger partial charge in [0.1, 0.15) is 0 Å². The zero-order valence-electron chi connectivity index (χ0n) is 4.92. The molecule has 5 heteroatoms. The van der Waals surface area contributed by atoms with Crippen LogP contribution in [0.5, 0.6) is 0 Å². The standard InChI is InChI=1S/C4H9ClN2O2/c5-3-4(1-2-6)7(8)9/h4H,1-3,6H2. The maximum Gasteiger partial charge on any atom is 0.227 e. The van der Waals surface area contributed by atoms with Crippen molar-refractivity contribution in [3.63, 3.8) is 0 Å². The first-order chi connectivity index (χ1) is 4.22. The normalized spacial score (nSPS) is 13.1. The number of nitrogens with zero attached hydrogens (tertiary/aromatic N) is 1.